The summed E-state index contributed by atoms with van der Waals surface area (Å²) in [6.45, 7) is 14.4. The Kier molecular flexibility index (Phi) is 6.84. The van der Waals surface area contributed by atoms with Crippen molar-refractivity contribution in [1.29, 1.82) is 0 Å². The standard InChI is InChI=1S/C23H34N2O5/c1-14(20(28)25-11-10-24-21(25)29)30-18(26)9-8-15-12-16(22(2,3)4)19(27)17(13-15)23(5,6)7/h12-14,27H,8-11H2,1-7H3,(H,24,29). The number of phenols is 1. The molecule has 1 aliphatic heterocycles. The van der Waals surface area contributed by atoms with E-state index in [-0.39, 0.29) is 23.8 Å². The van der Waals surface area contributed by atoms with Crippen molar-refractivity contribution in [2.24, 2.45) is 0 Å². The van der Waals surface area contributed by atoms with E-state index in [1.165, 1.54) is 6.92 Å². The third-order valence-electron chi connectivity index (χ3n) is 5.18. The molecule has 3 amide bonds. The number of carbonyl (C=O) groups is 3. The maximum absolute atomic E-state index is 12.3. The number of hydrogen-bond acceptors (Lipinski definition) is 5. The zero-order valence-electron chi connectivity index (χ0n) is 19.1. The first-order valence-corrected chi connectivity index (χ1v) is 10.4. The first-order valence-electron chi connectivity index (χ1n) is 10.4. The number of ether oxygens (including phenoxy) is 1. The van der Waals surface area contributed by atoms with Gasteiger partial charge in [0.2, 0.25) is 0 Å². The highest BCUT2D eigenvalue weighted by Crippen LogP contribution is 2.40. The molecule has 0 saturated carbocycles. The lowest BCUT2D eigenvalue weighted by atomic mass is 9.78. The second-order valence-corrected chi connectivity index (χ2v) is 9.89. The lowest BCUT2D eigenvalue weighted by molar-refractivity contribution is -0.157. The van der Waals surface area contributed by atoms with Crippen LogP contribution in [0.25, 0.3) is 0 Å². The zero-order valence-corrected chi connectivity index (χ0v) is 19.1. The molecule has 0 aliphatic carbocycles. The van der Waals surface area contributed by atoms with Crippen LogP contribution in [0.1, 0.15) is 71.6 Å². The van der Waals surface area contributed by atoms with E-state index >= 15 is 0 Å². The predicted octanol–water partition coefficient (Wildman–Crippen LogP) is 3.40. The van der Waals surface area contributed by atoms with Gasteiger partial charge < -0.3 is 15.2 Å². The van der Waals surface area contributed by atoms with E-state index in [1.54, 1.807) is 0 Å². The largest absolute Gasteiger partial charge is 0.507 e. The monoisotopic (exact) mass is 418 g/mol. The predicted molar refractivity (Wildman–Crippen MR) is 114 cm³/mol. The third kappa shape index (κ3) is 5.52. The Morgan fingerprint density at radius 1 is 1.13 bits per heavy atom. The molecule has 1 unspecified atom stereocenters. The summed E-state index contributed by atoms with van der Waals surface area (Å²) in [5.41, 5.74) is 2.09. The first-order chi connectivity index (χ1) is 13.7. The Hall–Kier alpha value is -2.57. The molecule has 7 heteroatoms. The van der Waals surface area contributed by atoms with Crippen LogP contribution in [-0.4, -0.2) is 47.1 Å². The Morgan fingerprint density at radius 3 is 2.10 bits per heavy atom. The van der Waals surface area contributed by atoms with E-state index in [9.17, 15) is 19.5 Å². The quantitative estimate of drug-likeness (QED) is 0.715. The fourth-order valence-corrected chi connectivity index (χ4v) is 3.44. The van der Waals surface area contributed by atoms with Gasteiger partial charge in [0.25, 0.3) is 5.91 Å². The van der Waals surface area contributed by atoms with Gasteiger partial charge in [-0.3, -0.25) is 14.5 Å². The molecule has 0 bridgehead atoms. The van der Waals surface area contributed by atoms with Crippen molar-refractivity contribution >= 4 is 17.9 Å². The van der Waals surface area contributed by atoms with Crippen LogP contribution < -0.4 is 5.32 Å². The molecule has 1 heterocycles. The number of rotatable bonds is 5. The van der Waals surface area contributed by atoms with Crippen LogP contribution in [0.4, 0.5) is 4.79 Å². The number of benzene rings is 1. The molecule has 2 N–H and O–H groups in total. The highest BCUT2D eigenvalue weighted by atomic mass is 16.5. The number of urea groups is 1. The molecule has 7 nitrogen and oxygen atoms in total. The molecule has 1 atom stereocenters. The molecule has 1 aromatic rings. The normalized spacial score (nSPS) is 15.7. The lowest BCUT2D eigenvalue weighted by Gasteiger charge is -2.28. The maximum atomic E-state index is 12.3. The number of aromatic hydroxyl groups is 1. The Balaban J connectivity index is 2.10. The van der Waals surface area contributed by atoms with E-state index < -0.39 is 24.0 Å². The molecular formula is C23H34N2O5. The number of nitrogens with one attached hydrogen (secondary N) is 1. The van der Waals surface area contributed by atoms with Crippen LogP contribution in [0.5, 0.6) is 5.75 Å². The average molecular weight is 419 g/mol. The second-order valence-electron chi connectivity index (χ2n) is 9.89. The number of phenolic OH excluding ortho intramolecular Hbond substituents is 1. The number of aryl methyl sites for hydroxylation is 1. The fraction of sp³-hybridized carbons (Fsp3) is 0.609. The molecule has 30 heavy (non-hydrogen) atoms. The molecule has 0 aromatic heterocycles. The van der Waals surface area contributed by atoms with Gasteiger partial charge in [-0.25, -0.2) is 4.79 Å². The van der Waals surface area contributed by atoms with Gasteiger partial charge in [-0.15, -0.1) is 0 Å². The van der Waals surface area contributed by atoms with Crippen molar-refractivity contribution in [3.8, 4) is 5.75 Å². The summed E-state index contributed by atoms with van der Waals surface area (Å²) >= 11 is 0. The maximum Gasteiger partial charge on any atom is 0.324 e. The summed E-state index contributed by atoms with van der Waals surface area (Å²) in [4.78, 5) is 37.3. The van der Waals surface area contributed by atoms with Gasteiger partial charge in [0.05, 0.1) is 0 Å². The minimum Gasteiger partial charge on any atom is -0.507 e. The van der Waals surface area contributed by atoms with Crippen molar-refractivity contribution in [2.45, 2.75) is 78.2 Å². The van der Waals surface area contributed by atoms with E-state index in [0.29, 0.717) is 18.7 Å². The average Bonchev–Trinajstić information content (AvgIpc) is 3.03. The van der Waals surface area contributed by atoms with E-state index in [1.807, 2.05) is 53.7 Å². The van der Waals surface area contributed by atoms with Gasteiger partial charge in [-0.1, -0.05) is 53.7 Å². The Labute approximate surface area is 178 Å². The molecule has 166 valence electrons. The van der Waals surface area contributed by atoms with Gasteiger partial charge in [-0.2, -0.15) is 0 Å². The Morgan fingerprint density at radius 2 is 1.67 bits per heavy atom. The minimum atomic E-state index is -1.02. The number of hydrogen-bond donors (Lipinski definition) is 2. The number of amides is 3. The van der Waals surface area contributed by atoms with Gasteiger partial charge in [-0.05, 0) is 40.9 Å². The summed E-state index contributed by atoms with van der Waals surface area (Å²) in [6, 6.07) is 3.40. The summed E-state index contributed by atoms with van der Waals surface area (Å²) < 4.78 is 5.25. The molecule has 0 radical (unpaired) electrons. The topological polar surface area (TPSA) is 95.9 Å². The highest BCUT2D eigenvalue weighted by Gasteiger charge is 2.31. The number of carbonyl (C=O) groups excluding carboxylic acids is 3. The summed E-state index contributed by atoms with van der Waals surface area (Å²) in [5.74, 6) is -0.726. The van der Waals surface area contributed by atoms with E-state index in [0.717, 1.165) is 21.6 Å². The molecule has 1 fully saturated rings. The zero-order chi connectivity index (χ0) is 22.9. The lowest BCUT2D eigenvalue weighted by Crippen LogP contribution is -2.41. The van der Waals surface area contributed by atoms with Crippen LogP contribution in [-0.2, 0) is 31.6 Å². The summed E-state index contributed by atoms with van der Waals surface area (Å²) in [7, 11) is 0. The minimum absolute atomic E-state index is 0.0990. The molecule has 0 spiro atoms. The van der Waals surface area contributed by atoms with Crippen molar-refractivity contribution in [1.82, 2.24) is 10.2 Å². The molecular weight excluding hydrogens is 384 g/mol. The van der Waals surface area contributed by atoms with Gasteiger partial charge >= 0.3 is 12.0 Å². The highest BCUT2D eigenvalue weighted by molar-refractivity contribution is 5.98. The third-order valence-corrected chi connectivity index (χ3v) is 5.18. The van der Waals surface area contributed by atoms with E-state index in [4.69, 9.17) is 4.74 Å². The van der Waals surface area contributed by atoms with Crippen molar-refractivity contribution in [2.75, 3.05) is 13.1 Å². The molecule has 1 saturated heterocycles. The fourth-order valence-electron chi connectivity index (χ4n) is 3.44. The Bertz CT molecular complexity index is 798. The SMILES string of the molecule is CC(OC(=O)CCc1cc(C(C)(C)C)c(O)c(C(C)(C)C)c1)C(=O)N1CCNC1=O. The van der Waals surface area contributed by atoms with Gasteiger partial charge in [0.1, 0.15) is 5.75 Å². The summed E-state index contributed by atoms with van der Waals surface area (Å²) in [5, 5.41) is 13.4. The smallest absolute Gasteiger partial charge is 0.324 e. The van der Waals surface area contributed by atoms with Crippen molar-refractivity contribution in [3.63, 3.8) is 0 Å². The number of imide groups is 1. The molecule has 1 aliphatic rings. The first kappa shape index (κ1) is 23.7. The van der Waals surface area contributed by atoms with Crippen molar-refractivity contribution in [3.05, 3.63) is 28.8 Å². The van der Waals surface area contributed by atoms with Crippen LogP contribution >= 0.6 is 0 Å². The van der Waals surface area contributed by atoms with Crippen molar-refractivity contribution < 1.29 is 24.2 Å². The number of nitrogens with zero attached hydrogens (tertiary/aromatic N) is 1. The molecule has 2 rings (SSSR count). The van der Waals surface area contributed by atoms with Crippen LogP contribution in [0, 0.1) is 0 Å². The van der Waals surface area contributed by atoms with Crippen LogP contribution in [0.2, 0.25) is 0 Å². The molecule has 1 aromatic carbocycles. The number of esters is 1. The van der Waals surface area contributed by atoms with Crippen LogP contribution in [0.3, 0.4) is 0 Å². The van der Waals surface area contributed by atoms with Gasteiger partial charge in [0, 0.05) is 19.5 Å². The second kappa shape index (κ2) is 8.66. The van der Waals surface area contributed by atoms with Crippen LogP contribution in [0.15, 0.2) is 12.1 Å². The summed E-state index contributed by atoms with van der Waals surface area (Å²) in [6.07, 6.45) is -0.491. The van der Waals surface area contributed by atoms with E-state index in [2.05, 4.69) is 5.32 Å². The van der Waals surface area contributed by atoms with Gasteiger partial charge in [0.15, 0.2) is 6.10 Å².